The van der Waals surface area contributed by atoms with Crippen molar-refractivity contribution in [2.45, 2.75) is 44.1 Å². The number of hydrogen-bond donors (Lipinski definition) is 1. The second-order valence-corrected chi connectivity index (χ2v) is 3.16. The van der Waals surface area contributed by atoms with Crippen LogP contribution in [0, 0.1) is 0 Å². The lowest BCUT2D eigenvalue weighted by Gasteiger charge is -2.29. The zero-order valence-corrected chi connectivity index (χ0v) is 6.18. The van der Waals surface area contributed by atoms with Crippen LogP contribution >= 0.6 is 0 Å². The second kappa shape index (κ2) is 3.15. The second-order valence-electron chi connectivity index (χ2n) is 3.16. The van der Waals surface area contributed by atoms with E-state index in [1.54, 1.807) is 0 Å². The van der Waals surface area contributed by atoms with Gasteiger partial charge in [0.2, 0.25) is 0 Å². The van der Waals surface area contributed by atoms with Gasteiger partial charge in [-0.1, -0.05) is 19.3 Å². The SMILES string of the molecule is O=CCC1(O)CCCCC1. The summed E-state index contributed by atoms with van der Waals surface area (Å²) in [7, 11) is 0. The van der Waals surface area contributed by atoms with Crippen molar-refractivity contribution < 1.29 is 9.90 Å². The van der Waals surface area contributed by atoms with Gasteiger partial charge in [0.1, 0.15) is 6.29 Å². The first kappa shape index (κ1) is 7.73. The highest BCUT2D eigenvalue weighted by Gasteiger charge is 2.27. The summed E-state index contributed by atoms with van der Waals surface area (Å²) in [5, 5.41) is 9.64. The van der Waals surface area contributed by atoms with E-state index in [4.69, 9.17) is 0 Å². The zero-order chi connectivity index (χ0) is 7.45. The van der Waals surface area contributed by atoms with Crippen molar-refractivity contribution in [3.8, 4) is 0 Å². The minimum absolute atomic E-state index is 0.326. The van der Waals surface area contributed by atoms with Gasteiger partial charge in [-0.25, -0.2) is 0 Å². The molecule has 0 aromatic rings. The van der Waals surface area contributed by atoms with Gasteiger partial charge in [0.25, 0.3) is 0 Å². The number of rotatable bonds is 2. The summed E-state index contributed by atoms with van der Waals surface area (Å²) in [5.74, 6) is 0. The average molecular weight is 142 g/mol. The molecule has 0 aromatic heterocycles. The molecule has 0 radical (unpaired) electrons. The fraction of sp³-hybridized carbons (Fsp3) is 0.875. The predicted octanol–water partition coefficient (Wildman–Crippen LogP) is 1.27. The monoisotopic (exact) mass is 142 g/mol. The highest BCUT2D eigenvalue weighted by Crippen LogP contribution is 2.29. The molecule has 0 atom stereocenters. The van der Waals surface area contributed by atoms with Crippen molar-refractivity contribution in [3.05, 3.63) is 0 Å². The minimum atomic E-state index is -0.639. The quantitative estimate of drug-likeness (QED) is 0.589. The van der Waals surface area contributed by atoms with Gasteiger partial charge in [-0.05, 0) is 12.8 Å². The molecule has 58 valence electrons. The molecule has 0 amide bonds. The van der Waals surface area contributed by atoms with Crippen molar-refractivity contribution >= 4 is 6.29 Å². The summed E-state index contributed by atoms with van der Waals surface area (Å²) in [6.45, 7) is 0. The van der Waals surface area contributed by atoms with Crippen LogP contribution in [0.5, 0.6) is 0 Å². The maximum absolute atomic E-state index is 10.1. The molecule has 1 fully saturated rings. The fourth-order valence-electron chi connectivity index (χ4n) is 1.57. The number of aldehydes is 1. The Morgan fingerprint density at radius 2 is 1.90 bits per heavy atom. The number of carbonyl (C=O) groups excluding carboxylic acids is 1. The van der Waals surface area contributed by atoms with Crippen molar-refractivity contribution in [1.82, 2.24) is 0 Å². The lowest BCUT2D eigenvalue weighted by molar-refractivity contribution is -0.113. The molecule has 1 N–H and O–H groups in total. The first-order valence-electron chi connectivity index (χ1n) is 3.93. The molecule has 2 heteroatoms. The molecule has 1 aliphatic carbocycles. The van der Waals surface area contributed by atoms with E-state index in [0.717, 1.165) is 32.0 Å². The molecule has 0 saturated heterocycles. The normalized spacial score (nSPS) is 24.1. The number of hydrogen-bond acceptors (Lipinski definition) is 2. The summed E-state index contributed by atoms with van der Waals surface area (Å²) in [6.07, 6.45) is 6.13. The number of carbonyl (C=O) groups is 1. The first-order chi connectivity index (χ1) is 4.77. The van der Waals surface area contributed by atoms with Crippen LogP contribution in [-0.2, 0) is 4.79 Å². The molecule has 0 bridgehead atoms. The molecule has 0 aliphatic heterocycles. The standard InChI is InChI=1S/C8H14O2/c9-7-6-8(10)4-2-1-3-5-8/h7,10H,1-6H2. The van der Waals surface area contributed by atoms with Crippen LogP contribution in [0.1, 0.15) is 38.5 Å². The fourth-order valence-corrected chi connectivity index (χ4v) is 1.57. The summed E-state index contributed by atoms with van der Waals surface area (Å²) in [6, 6.07) is 0. The third-order valence-electron chi connectivity index (χ3n) is 2.25. The molecule has 2 nitrogen and oxygen atoms in total. The minimum Gasteiger partial charge on any atom is -0.389 e. The van der Waals surface area contributed by atoms with Gasteiger partial charge in [0.05, 0.1) is 5.60 Å². The molecule has 0 aromatic carbocycles. The Hall–Kier alpha value is -0.370. The van der Waals surface area contributed by atoms with Gasteiger partial charge in [0.15, 0.2) is 0 Å². The van der Waals surface area contributed by atoms with E-state index in [1.165, 1.54) is 6.42 Å². The lowest BCUT2D eigenvalue weighted by atomic mass is 9.83. The Kier molecular flexibility index (Phi) is 2.44. The van der Waals surface area contributed by atoms with Crippen molar-refractivity contribution in [3.63, 3.8) is 0 Å². The Labute approximate surface area is 61.2 Å². The molecule has 0 unspecified atom stereocenters. The summed E-state index contributed by atoms with van der Waals surface area (Å²) >= 11 is 0. The Balaban J connectivity index is 2.39. The van der Waals surface area contributed by atoms with Crippen molar-refractivity contribution in [2.24, 2.45) is 0 Å². The van der Waals surface area contributed by atoms with Gasteiger partial charge in [-0.3, -0.25) is 0 Å². The van der Waals surface area contributed by atoms with Crippen LogP contribution in [0.3, 0.4) is 0 Å². The molecule has 1 aliphatic rings. The van der Waals surface area contributed by atoms with Gasteiger partial charge in [-0.15, -0.1) is 0 Å². The molecule has 1 saturated carbocycles. The molecular formula is C8H14O2. The predicted molar refractivity (Wildman–Crippen MR) is 38.7 cm³/mol. The van der Waals surface area contributed by atoms with Gasteiger partial charge in [0, 0.05) is 6.42 Å². The highest BCUT2D eigenvalue weighted by atomic mass is 16.3. The van der Waals surface area contributed by atoms with E-state index in [9.17, 15) is 9.90 Å². The highest BCUT2D eigenvalue weighted by molar-refractivity contribution is 5.51. The Morgan fingerprint density at radius 1 is 1.30 bits per heavy atom. The summed E-state index contributed by atoms with van der Waals surface area (Å²) < 4.78 is 0. The zero-order valence-electron chi connectivity index (χ0n) is 6.18. The van der Waals surface area contributed by atoms with Crippen molar-refractivity contribution in [2.75, 3.05) is 0 Å². The van der Waals surface area contributed by atoms with Crippen LogP contribution in [0.25, 0.3) is 0 Å². The van der Waals surface area contributed by atoms with E-state index < -0.39 is 5.60 Å². The first-order valence-corrected chi connectivity index (χ1v) is 3.93. The molecule has 0 spiro atoms. The molecule has 1 rings (SSSR count). The smallest absolute Gasteiger partial charge is 0.122 e. The van der Waals surface area contributed by atoms with E-state index in [-0.39, 0.29) is 0 Å². The van der Waals surface area contributed by atoms with Gasteiger partial charge >= 0.3 is 0 Å². The van der Waals surface area contributed by atoms with Crippen LogP contribution in [0.4, 0.5) is 0 Å². The van der Waals surface area contributed by atoms with Gasteiger partial charge in [-0.2, -0.15) is 0 Å². The van der Waals surface area contributed by atoms with E-state index in [1.807, 2.05) is 0 Å². The average Bonchev–Trinajstić information content (AvgIpc) is 1.89. The molecule has 0 heterocycles. The maximum atomic E-state index is 10.1. The Bertz CT molecular complexity index is 114. The van der Waals surface area contributed by atoms with Crippen LogP contribution in [0.15, 0.2) is 0 Å². The topological polar surface area (TPSA) is 37.3 Å². The largest absolute Gasteiger partial charge is 0.389 e. The maximum Gasteiger partial charge on any atom is 0.122 e. The van der Waals surface area contributed by atoms with Gasteiger partial charge < -0.3 is 9.90 Å². The van der Waals surface area contributed by atoms with Crippen LogP contribution in [-0.4, -0.2) is 17.0 Å². The van der Waals surface area contributed by atoms with E-state index in [0.29, 0.717) is 6.42 Å². The molecular weight excluding hydrogens is 128 g/mol. The third kappa shape index (κ3) is 1.81. The molecule has 10 heavy (non-hydrogen) atoms. The third-order valence-corrected chi connectivity index (χ3v) is 2.25. The Morgan fingerprint density at radius 3 is 2.40 bits per heavy atom. The van der Waals surface area contributed by atoms with Crippen molar-refractivity contribution in [1.29, 1.82) is 0 Å². The summed E-state index contributed by atoms with van der Waals surface area (Å²) in [4.78, 5) is 10.1. The number of aliphatic hydroxyl groups is 1. The summed E-state index contributed by atoms with van der Waals surface area (Å²) in [5.41, 5.74) is -0.639. The van der Waals surface area contributed by atoms with Crippen LogP contribution < -0.4 is 0 Å². The van der Waals surface area contributed by atoms with E-state index >= 15 is 0 Å². The van der Waals surface area contributed by atoms with Crippen LogP contribution in [0.2, 0.25) is 0 Å². The van der Waals surface area contributed by atoms with E-state index in [2.05, 4.69) is 0 Å². The lowest BCUT2D eigenvalue weighted by Crippen LogP contribution is -2.31.